The second-order valence-corrected chi connectivity index (χ2v) is 4.25. The van der Waals surface area contributed by atoms with Crippen LogP contribution in [0.1, 0.15) is 5.69 Å². The van der Waals surface area contributed by atoms with Gasteiger partial charge in [-0.3, -0.25) is 0 Å². The van der Waals surface area contributed by atoms with Gasteiger partial charge in [0.15, 0.2) is 0 Å². The van der Waals surface area contributed by atoms with E-state index in [0.717, 1.165) is 16.9 Å². The van der Waals surface area contributed by atoms with E-state index in [1.807, 2.05) is 19.1 Å². The van der Waals surface area contributed by atoms with Gasteiger partial charge >= 0.3 is 0 Å². The summed E-state index contributed by atoms with van der Waals surface area (Å²) in [4.78, 5) is 3.26. The number of aryl methyl sites for hydroxylation is 1. The maximum Gasteiger partial charge on any atom is 0.0847 e. The van der Waals surface area contributed by atoms with E-state index in [1.165, 1.54) is 5.39 Å². The molecule has 86 valence electrons. The predicted molar refractivity (Wildman–Crippen MR) is 68.3 cm³/mol. The maximum atomic E-state index is 9.34. The third-order valence-corrected chi connectivity index (χ3v) is 2.83. The Morgan fingerprint density at radius 1 is 1.44 bits per heavy atom. The summed E-state index contributed by atoms with van der Waals surface area (Å²) in [5.74, 6) is 0.249. The van der Waals surface area contributed by atoms with Crippen molar-refractivity contribution in [3.05, 3.63) is 30.0 Å². The molecule has 2 rings (SSSR count). The number of benzene rings is 1. The third kappa shape index (κ3) is 2.49. The van der Waals surface area contributed by atoms with Crippen LogP contribution >= 0.6 is 11.6 Å². The number of aromatic amines is 1. The highest BCUT2D eigenvalue weighted by Crippen LogP contribution is 2.19. The first kappa shape index (κ1) is 11.3. The molecule has 1 atom stereocenters. The molecule has 0 aliphatic heterocycles. The number of rotatable bonds is 4. The number of anilines is 1. The van der Waals surface area contributed by atoms with Crippen molar-refractivity contribution in [2.24, 2.45) is 0 Å². The lowest BCUT2D eigenvalue weighted by Gasteiger charge is -2.09. The molecule has 16 heavy (non-hydrogen) atoms. The van der Waals surface area contributed by atoms with Gasteiger partial charge < -0.3 is 15.4 Å². The lowest BCUT2D eigenvalue weighted by molar-refractivity contribution is 0.211. The fourth-order valence-corrected chi connectivity index (χ4v) is 1.79. The maximum absolute atomic E-state index is 9.34. The number of hydrogen-bond donors (Lipinski definition) is 3. The van der Waals surface area contributed by atoms with Crippen molar-refractivity contribution in [2.75, 3.05) is 17.7 Å². The summed E-state index contributed by atoms with van der Waals surface area (Å²) in [6, 6.07) is 8.16. The number of fused-ring (bicyclic) bond motifs is 1. The number of alkyl halides is 1. The second kappa shape index (κ2) is 4.76. The van der Waals surface area contributed by atoms with Crippen molar-refractivity contribution in [2.45, 2.75) is 13.0 Å². The Morgan fingerprint density at radius 2 is 2.25 bits per heavy atom. The van der Waals surface area contributed by atoms with E-state index < -0.39 is 6.10 Å². The monoisotopic (exact) mass is 238 g/mol. The van der Waals surface area contributed by atoms with Crippen molar-refractivity contribution >= 4 is 28.2 Å². The Hall–Kier alpha value is -1.19. The highest BCUT2D eigenvalue weighted by atomic mass is 35.5. The predicted octanol–water partition coefficient (Wildman–Crippen LogP) is 2.49. The summed E-state index contributed by atoms with van der Waals surface area (Å²) < 4.78 is 0. The molecule has 0 saturated carbocycles. The number of aliphatic hydroxyl groups is 1. The van der Waals surface area contributed by atoms with Crippen LogP contribution in [0.2, 0.25) is 0 Å². The fourth-order valence-electron chi connectivity index (χ4n) is 1.68. The molecule has 0 fully saturated rings. The minimum absolute atomic E-state index is 0.249. The van der Waals surface area contributed by atoms with Gasteiger partial charge in [0.25, 0.3) is 0 Å². The Kier molecular flexibility index (Phi) is 3.36. The zero-order valence-electron chi connectivity index (χ0n) is 9.13. The van der Waals surface area contributed by atoms with Gasteiger partial charge in [0.05, 0.1) is 12.0 Å². The quantitative estimate of drug-likeness (QED) is 0.717. The van der Waals surface area contributed by atoms with Crippen LogP contribution in [0.15, 0.2) is 24.3 Å². The zero-order chi connectivity index (χ0) is 11.5. The summed E-state index contributed by atoms with van der Waals surface area (Å²) in [5, 5.41) is 13.7. The van der Waals surface area contributed by atoms with Crippen molar-refractivity contribution in [3.8, 4) is 0 Å². The molecule has 0 amide bonds. The van der Waals surface area contributed by atoms with E-state index in [9.17, 15) is 5.11 Å². The molecule has 1 aromatic heterocycles. The molecule has 0 bridgehead atoms. The number of halogens is 1. The molecule has 0 aliphatic rings. The minimum Gasteiger partial charge on any atom is -0.390 e. The van der Waals surface area contributed by atoms with E-state index in [4.69, 9.17) is 11.6 Å². The largest absolute Gasteiger partial charge is 0.390 e. The van der Waals surface area contributed by atoms with Crippen molar-refractivity contribution in [1.82, 2.24) is 4.98 Å². The molecule has 1 heterocycles. The Morgan fingerprint density at radius 3 is 3.00 bits per heavy atom. The summed E-state index contributed by atoms with van der Waals surface area (Å²) in [6.07, 6.45) is -0.509. The molecule has 3 nitrogen and oxygen atoms in total. The molecular formula is C12H15ClN2O. The number of aliphatic hydroxyl groups excluding tert-OH is 1. The second-order valence-electron chi connectivity index (χ2n) is 3.94. The van der Waals surface area contributed by atoms with E-state index >= 15 is 0 Å². The van der Waals surface area contributed by atoms with E-state index in [2.05, 4.69) is 22.4 Å². The zero-order valence-corrected chi connectivity index (χ0v) is 9.88. The van der Waals surface area contributed by atoms with Crippen LogP contribution in [0.4, 0.5) is 5.69 Å². The number of nitrogens with one attached hydrogen (secondary N) is 2. The van der Waals surface area contributed by atoms with Gasteiger partial charge in [-0.05, 0) is 31.2 Å². The summed E-state index contributed by atoms with van der Waals surface area (Å²) in [7, 11) is 0. The van der Waals surface area contributed by atoms with Gasteiger partial charge in [-0.15, -0.1) is 11.6 Å². The molecule has 3 N–H and O–H groups in total. The van der Waals surface area contributed by atoms with E-state index in [-0.39, 0.29) is 5.88 Å². The summed E-state index contributed by atoms with van der Waals surface area (Å²) in [6.45, 7) is 2.50. The normalized spacial score (nSPS) is 12.9. The van der Waals surface area contributed by atoms with Crippen LogP contribution in [-0.2, 0) is 0 Å². The average molecular weight is 239 g/mol. The van der Waals surface area contributed by atoms with Crippen molar-refractivity contribution in [1.29, 1.82) is 0 Å². The van der Waals surface area contributed by atoms with Crippen LogP contribution in [0.3, 0.4) is 0 Å². The van der Waals surface area contributed by atoms with Gasteiger partial charge in [-0.1, -0.05) is 0 Å². The summed E-state index contributed by atoms with van der Waals surface area (Å²) in [5.41, 5.74) is 3.27. The number of H-pyrrole nitrogens is 1. The molecule has 2 aromatic rings. The third-order valence-electron chi connectivity index (χ3n) is 2.48. The van der Waals surface area contributed by atoms with Crippen LogP contribution in [0.5, 0.6) is 0 Å². The van der Waals surface area contributed by atoms with Gasteiger partial charge in [-0.2, -0.15) is 0 Å². The highest BCUT2D eigenvalue weighted by molar-refractivity contribution is 6.18. The first-order valence-electron chi connectivity index (χ1n) is 5.26. The van der Waals surface area contributed by atoms with Crippen LogP contribution < -0.4 is 5.32 Å². The minimum atomic E-state index is -0.509. The van der Waals surface area contributed by atoms with Gasteiger partial charge in [-0.25, -0.2) is 0 Å². The Bertz CT molecular complexity index is 481. The molecule has 4 heteroatoms. The first-order chi connectivity index (χ1) is 7.69. The lowest BCUT2D eigenvalue weighted by Crippen LogP contribution is -2.20. The van der Waals surface area contributed by atoms with Gasteiger partial charge in [0.1, 0.15) is 0 Å². The smallest absolute Gasteiger partial charge is 0.0847 e. The first-order valence-corrected chi connectivity index (χ1v) is 5.80. The molecule has 1 unspecified atom stereocenters. The van der Waals surface area contributed by atoms with Gasteiger partial charge in [0, 0.05) is 28.8 Å². The Labute approximate surface area is 99.4 Å². The van der Waals surface area contributed by atoms with E-state index in [1.54, 1.807) is 0 Å². The molecule has 0 spiro atoms. The fraction of sp³-hybridized carbons (Fsp3) is 0.333. The standard InChI is InChI=1S/C12H15ClN2O/c1-8-4-9-5-10(2-3-12(9)15-8)14-7-11(16)6-13/h2-5,11,14-16H,6-7H2,1H3. The number of aromatic nitrogens is 1. The molecular weight excluding hydrogens is 224 g/mol. The van der Waals surface area contributed by atoms with Gasteiger partial charge in [0.2, 0.25) is 0 Å². The van der Waals surface area contributed by atoms with Crippen LogP contribution in [0, 0.1) is 6.92 Å². The van der Waals surface area contributed by atoms with Crippen molar-refractivity contribution < 1.29 is 5.11 Å². The molecule has 0 saturated heterocycles. The van der Waals surface area contributed by atoms with E-state index in [0.29, 0.717) is 6.54 Å². The Balaban J connectivity index is 2.13. The number of hydrogen-bond acceptors (Lipinski definition) is 2. The van der Waals surface area contributed by atoms with Crippen LogP contribution in [-0.4, -0.2) is 28.6 Å². The highest BCUT2D eigenvalue weighted by Gasteiger charge is 2.02. The summed E-state index contributed by atoms with van der Waals surface area (Å²) >= 11 is 5.52. The van der Waals surface area contributed by atoms with Crippen molar-refractivity contribution in [3.63, 3.8) is 0 Å². The lowest BCUT2D eigenvalue weighted by atomic mass is 10.2. The average Bonchev–Trinajstić information content (AvgIpc) is 2.65. The van der Waals surface area contributed by atoms with Crippen LogP contribution in [0.25, 0.3) is 10.9 Å². The molecule has 0 radical (unpaired) electrons. The topological polar surface area (TPSA) is 48.0 Å². The molecule has 1 aromatic carbocycles. The molecule has 0 aliphatic carbocycles. The SMILES string of the molecule is Cc1cc2cc(NCC(O)CCl)ccc2[nH]1.